The third-order valence-corrected chi connectivity index (χ3v) is 2.55. The normalized spacial score (nSPS) is 10.8. The molecule has 1 aromatic carbocycles. The molecule has 1 N–H and O–H groups in total. The van der Waals surface area contributed by atoms with E-state index >= 15 is 0 Å². The minimum absolute atomic E-state index is 0.746. The number of nitrogens with one attached hydrogen (secondary N) is 1. The lowest BCUT2D eigenvalue weighted by Gasteiger charge is -1.95. The fraction of sp³-hybridized carbons (Fsp3) is 0.0769. The summed E-state index contributed by atoms with van der Waals surface area (Å²) in [6.07, 6.45) is 4.28. The molecule has 0 bridgehead atoms. The average molecular weight is 209 g/mol. The van der Waals surface area contributed by atoms with Crippen LogP contribution in [0.5, 0.6) is 0 Å². The molecule has 0 atom stereocenters. The molecule has 0 spiro atoms. The molecule has 16 heavy (non-hydrogen) atoms. The molecule has 78 valence electrons. The molecular formula is C13H11N3. The molecule has 3 aromatic rings. The Kier molecular flexibility index (Phi) is 2.14. The van der Waals surface area contributed by atoms with Gasteiger partial charge in [0.2, 0.25) is 0 Å². The van der Waals surface area contributed by atoms with Crippen molar-refractivity contribution in [1.82, 2.24) is 15.0 Å². The maximum Gasteiger partial charge on any atom is 0.134 e. The van der Waals surface area contributed by atoms with E-state index in [2.05, 4.69) is 33.2 Å². The standard InChI is InChI=1S/C13H11N3/c1-2-5-12-10(4-1)8-11(16-12)9-13-14-6-3-7-15-13/h1-8,16H,9H2. The zero-order chi connectivity index (χ0) is 10.8. The smallest absolute Gasteiger partial charge is 0.134 e. The molecule has 0 aliphatic rings. The first-order chi connectivity index (χ1) is 7.92. The Morgan fingerprint density at radius 2 is 1.81 bits per heavy atom. The molecule has 3 nitrogen and oxygen atoms in total. The molecular weight excluding hydrogens is 198 g/mol. The predicted octanol–water partition coefficient (Wildman–Crippen LogP) is 2.55. The van der Waals surface area contributed by atoms with Gasteiger partial charge >= 0.3 is 0 Å². The van der Waals surface area contributed by atoms with Gasteiger partial charge in [0.25, 0.3) is 0 Å². The number of nitrogens with zero attached hydrogens (tertiary/aromatic N) is 2. The van der Waals surface area contributed by atoms with Crippen LogP contribution in [0.25, 0.3) is 10.9 Å². The van der Waals surface area contributed by atoms with Crippen molar-refractivity contribution >= 4 is 10.9 Å². The molecule has 0 amide bonds. The van der Waals surface area contributed by atoms with E-state index in [0.29, 0.717) is 0 Å². The third kappa shape index (κ3) is 1.67. The second-order valence-corrected chi connectivity index (χ2v) is 3.72. The van der Waals surface area contributed by atoms with Crippen LogP contribution in [0, 0.1) is 0 Å². The van der Waals surface area contributed by atoms with Crippen molar-refractivity contribution in [3.63, 3.8) is 0 Å². The SMILES string of the molecule is c1cnc(Cc2cc3ccccc3[nH]2)nc1. The summed E-state index contributed by atoms with van der Waals surface area (Å²) in [5.74, 6) is 0.842. The number of fused-ring (bicyclic) bond motifs is 1. The number of benzene rings is 1. The van der Waals surface area contributed by atoms with Gasteiger partial charge in [-0.25, -0.2) is 9.97 Å². The summed E-state index contributed by atoms with van der Waals surface area (Å²) in [7, 11) is 0. The van der Waals surface area contributed by atoms with Gasteiger partial charge in [0.05, 0.1) is 0 Å². The van der Waals surface area contributed by atoms with Crippen molar-refractivity contribution in [2.75, 3.05) is 0 Å². The van der Waals surface area contributed by atoms with Gasteiger partial charge in [-0.1, -0.05) is 18.2 Å². The van der Waals surface area contributed by atoms with Gasteiger partial charge in [-0.2, -0.15) is 0 Å². The number of para-hydroxylation sites is 1. The Balaban J connectivity index is 1.95. The van der Waals surface area contributed by atoms with Crippen molar-refractivity contribution in [2.24, 2.45) is 0 Å². The number of aromatic nitrogens is 3. The Morgan fingerprint density at radius 1 is 1.00 bits per heavy atom. The van der Waals surface area contributed by atoms with Crippen LogP contribution in [0.1, 0.15) is 11.5 Å². The summed E-state index contributed by atoms with van der Waals surface area (Å²) in [5, 5.41) is 1.23. The lowest BCUT2D eigenvalue weighted by Crippen LogP contribution is -1.94. The van der Waals surface area contributed by atoms with Gasteiger partial charge in [-0.15, -0.1) is 0 Å². The highest BCUT2D eigenvalue weighted by Crippen LogP contribution is 2.15. The van der Waals surface area contributed by atoms with Crippen molar-refractivity contribution in [1.29, 1.82) is 0 Å². The van der Waals surface area contributed by atoms with E-state index in [-0.39, 0.29) is 0 Å². The lowest BCUT2D eigenvalue weighted by atomic mass is 10.2. The minimum atomic E-state index is 0.746. The summed E-state index contributed by atoms with van der Waals surface area (Å²) < 4.78 is 0. The highest BCUT2D eigenvalue weighted by atomic mass is 14.9. The van der Waals surface area contributed by atoms with Crippen LogP contribution >= 0.6 is 0 Å². The summed E-state index contributed by atoms with van der Waals surface area (Å²) in [4.78, 5) is 11.8. The first-order valence-electron chi connectivity index (χ1n) is 5.24. The number of hydrogen-bond acceptors (Lipinski definition) is 2. The topological polar surface area (TPSA) is 41.6 Å². The summed E-state index contributed by atoms with van der Waals surface area (Å²) in [5.41, 5.74) is 2.31. The monoisotopic (exact) mass is 209 g/mol. The summed E-state index contributed by atoms with van der Waals surface area (Å²) in [6.45, 7) is 0. The van der Waals surface area contributed by atoms with Crippen molar-refractivity contribution < 1.29 is 0 Å². The molecule has 2 heterocycles. The number of aromatic amines is 1. The van der Waals surface area contributed by atoms with E-state index < -0.39 is 0 Å². The van der Waals surface area contributed by atoms with Gasteiger partial charge in [0, 0.05) is 30.0 Å². The molecule has 0 fully saturated rings. The molecule has 0 radical (unpaired) electrons. The number of rotatable bonds is 2. The van der Waals surface area contributed by atoms with Crippen molar-refractivity contribution in [3.05, 3.63) is 60.3 Å². The molecule has 3 rings (SSSR count). The van der Waals surface area contributed by atoms with Gasteiger partial charge < -0.3 is 4.98 Å². The quantitative estimate of drug-likeness (QED) is 0.704. The summed E-state index contributed by atoms with van der Waals surface area (Å²) in [6, 6.07) is 12.2. The van der Waals surface area contributed by atoms with E-state index in [0.717, 1.165) is 23.5 Å². The van der Waals surface area contributed by atoms with E-state index in [1.165, 1.54) is 5.39 Å². The Bertz CT molecular complexity index is 566. The Morgan fingerprint density at radius 3 is 2.62 bits per heavy atom. The zero-order valence-electron chi connectivity index (χ0n) is 8.72. The van der Waals surface area contributed by atoms with Crippen molar-refractivity contribution in [2.45, 2.75) is 6.42 Å². The summed E-state index contributed by atoms with van der Waals surface area (Å²) >= 11 is 0. The maximum atomic E-state index is 4.21. The molecule has 0 saturated heterocycles. The first kappa shape index (κ1) is 9.09. The van der Waals surface area contributed by atoms with Crippen LogP contribution in [0.3, 0.4) is 0 Å². The molecule has 3 heteroatoms. The second kappa shape index (κ2) is 3.77. The van der Waals surface area contributed by atoms with Crippen LogP contribution in [0.2, 0.25) is 0 Å². The third-order valence-electron chi connectivity index (χ3n) is 2.55. The van der Waals surface area contributed by atoms with Crippen LogP contribution in [0.4, 0.5) is 0 Å². The lowest BCUT2D eigenvalue weighted by molar-refractivity contribution is 0.948. The maximum absolute atomic E-state index is 4.21. The van der Waals surface area contributed by atoms with E-state index in [9.17, 15) is 0 Å². The van der Waals surface area contributed by atoms with Gasteiger partial charge in [0.15, 0.2) is 0 Å². The number of hydrogen-bond donors (Lipinski definition) is 1. The molecule has 0 saturated carbocycles. The molecule has 0 aliphatic carbocycles. The zero-order valence-corrected chi connectivity index (χ0v) is 8.72. The minimum Gasteiger partial charge on any atom is -0.358 e. The molecule has 0 aliphatic heterocycles. The number of H-pyrrole nitrogens is 1. The van der Waals surface area contributed by atoms with Crippen molar-refractivity contribution in [3.8, 4) is 0 Å². The first-order valence-corrected chi connectivity index (χ1v) is 5.24. The largest absolute Gasteiger partial charge is 0.358 e. The van der Waals surface area contributed by atoms with E-state index in [4.69, 9.17) is 0 Å². The predicted molar refractivity (Wildman–Crippen MR) is 63.1 cm³/mol. The second-order valence-electron chi connectivity index (χ2n) is 3.72. The van der Waals surface area contributed by atoms with Gasteiger partial charge in [-0.3, -0.25) is 0 Å². The van der Waals surface area contributed by atoms with Crippen LogP contribution in [0.15, 0.2) is 48.8 Å². The Labute approximate surface area is 93.2 Å². The van der Waals surface area contributed by atoms with Crippen LogP contribution in [-0.2, 0) is 6.42 Å². The van der Waals surface area contributed by atoms with Crippen LogP contribution in [-0.4, -0.2) is 15.0 Å². The fourth-order valence-electron chi connectivity index (χ4n) is 1.82. The molecule has 0 unspecified atom stereocenters. The fourth-order valence-corrected chi connectivity index (χ4v) is 1.82. The molecule has 2 aromatic heterocycles. The van der Waals surface area contributed by atoms with Gasteiger partial charge in [-0.05, 0) is 23.6 Å². The average Bonchev–Trinajstić information content (AvgIpc) is 2.72. The van der Waals surface area contributed by atoms with Crippen LogP contribution < -0.4 is 0 Å². The van der Waals surface area contributed by atoms with Gasteiger partial charge in [0.1, 0.15) is 5.82 Å². The van der Waals surface area contributed by atoms with E-state index in [1.54, 1.807) is 12.4 Å². The highest BCUT2D eigenvalue weighted by Gasteiger charge is 2.02. The Hall–Kier alpha value is -2.16. The highest BCUT2D eigenvalue weighted by molar-refractivity contribution is 5.80. The van der Waals surface area contributed by atoms with E-state index in [1.807, 2.05) is 18.2 Å².